The number of nitrogens with one attached hydrogen (secondary N) is 2. The van der Waals surface area contributed by atoms with Crippen LogP contribution in [0.4, 0.5) is 10.5 Å². The highest BCUT2D eigenvalue weighted by Gasteiger charge is 2.18. The molecule has 2 N–H and O–H groups in total. The van der Waals surface area contributed by atoms with E-state index in [1.54, 1.807) is 11.3 Å². The third kappa shape index (κ3) is 4.09. The van der Waals surface area contributed by atoms with Crippen LogP contribution in [-0.2, 0) is 0 Å². The van der Waals surface area contributed by atoms with E-state index in [4.69, 9.17) is 0 Å². The Morgan fingerprint density at radius 3 is 2.68 bits per heavy atom. The molecule has 0 aliphatic rings. The number of aromatic nitrogens is 2. The van der Waals surface area contributed by atoms with Crippen molar-refractivity contribution in [1.29, 1.82) is 0 Å². The molecular formula is C19H22N4OS. The molecule has 2 amide bonds. The minimum Gasteiger partial charge on any atom is -0.335 e. The summed E-state index contributed by atoms with van der Waals surface area (Å²) in [4.78, 5) is 12.3. The topological polar surface area (TPSA) is 59.0 Å². The first-order chi connectivity index (χ1) is 12.0. The number of aryl methyl sites for hydroxylation is 3. The molecule has 5 nitrogen and oxygen atoms in total. The van der Waals surface area contributed by atoms with E-state index in [-0.39, 0.29) is 12.1 Å². The Labute approximate surface area is 151 Å². The van der Waals surface area contributed by atoms with Gasteiger partial charge in [-0.05, 0) is 60.9 Å². The van der Waals surface area contributed by atoms with E-state index < -0.39 is 0 Å². The molecular weight excluding hydrogens is 332 g/mol. The lowest BCUT2D eigenvalue weighted by Gasteiger charge is -2.19. The standard InChI is InChI=1S/C19H22N4OS/c1-13-6-4-5-7-17(13)21-19(24)20-11-18(16-8-9-25-12-16)23-15(3)10-14(2)22-23/h4-10,12,18H,11H2,1-3H3,(H2,20,21,24). The van der Waals surface area contributed by atoms with E-state index in [0.717, 1.165) is 28.2 Å². The molecule has 0 bridgehead atoms. The van der Waals surface area contributed by atoms with Crippen LogP contribution >= 0.6 is 11.3 Å². The van der Waals surface area contributed by atoms with E-state index in [9.17, 15) is 4.79 Å². The fourth-order valence-corrected chi connectivity index (χ4v) is 3.55. The number of benzene rings is 1. The number of carbonyl (C=O) groups excluding carboxylic acids is 1. The van der Waals surface area contributed by atoms with Crippen LogP contribution in [0, 0.1) is 20.8 Å². The minimum absolute atomic E-state index is 0.0254. The lowest BCUT2D eigenvalue weighted by atomic mass is 10.1. The number of carbonyl (C=O) groups is 1. The molecule has 0 aliphatic carbocycles. The van der Waals surface area contributed by atoms with Crippen molar-refractivity contribution in [3.8, 4) is 0 Å². The zero-order chi connectivity index (χ0) is 17.8. The number of urea groups is 1. The molecule has 1 unspecified atom stereocenters. The number of para-hydroxylation sites is 1. The summed E-state index contributed by atoms with van der Waals surface area (Å²) in [5, 5.41) is 14.6. The van der Waals surface area contributed by atoms with Gasteiger partial charge in [-0.2, -0.15) is 16.4 Å². The summed E-state index contributed by atoms with van der Waals surface area (Å²) in [6, 6.07) is 11.6. The van der Waals surface area contributed by atoms with E-state index in [1.165, 1.54) is 0 Å². The van der Waals surface area contributed by atoms with E-state index in [1.807, 2.05) is 61.2 Å². The van der Waals surface area contributed by atoms with Crippen LogP contribution in [0.3, 0.4) is 0 Å². The predicted octanol–water partition coefficient (Wildman–Crippen LogP) is 4.28. The van der Waals surface area contributed by atoms with E-state index in [2.05, 4.69) is 27.2 Å². The molecule has 6 heteroatoms. The molecule has 2 heterocycles. The van der Waals surface area contributed by atoms with Gasteiger partial charge < -0.3 is 10.6 Å². The van der Waals surface area contributed by atoms with Gasteiger partial charge in [0.05, 0.1) is 11.7 Å². The third-order valence-corrected chi connectivity index (χ3v) is 4.82. The lowest BCUT2D eigenvalue weighted by molar-refractivity contribution is 0.250. The van der Waals surface area contributed by atoms with E-state index >= 15 is 0 Å². The Hall–Kier alpha value is -2.60. The molecule has 1 atom stereocenters. The normalized spacial score (nSPS) is 12.0. The first-order valence-electron chi connectivity index (χ1n) is 8.20. The van der Waals surface area contributed by atoms with Crippen molar-refractivity contribution in [3.05, 3.63) is 69.7 Å². The second-order valence-electron chi connectivity index (χ2n) is 6.09. The lowest BCUT2D eigenvalue weighted by Crippen LogP contribution is -2.35. The number of anilines is 1. The summed E-state index contributed by atoms with van der Waals surface area (Å²) in [6.45, 7) is 6.45. The molecule has 130 valence electrons. The van der Waals surface area contributed by atoms with Crippen molar-refractivity contribution >= 4 is 23.1 Å². The molecule has 3 aromatic rings. The van der Waals surface area contributed by atoms with Crippen molar-refractivity contribution in [1.82, 2.24) is 15.1 Å². The van der Waals surface area contributed by atoms with Crippen LogP contribution in [-0.4, -0.2) is 22.4 Å². The van der Waals surface area contributed by atoms with E-state index in [0.29, 0.717) is 6.54 Å². The van der Waals surface area contributed by atoms with Gasteiger partial charge in [-0.25, -0.2) is 4.79 Å². The number of nitrogens with zero attached hydrogens (tertiary/aromatic N) is 2. The number of hydrogen-bond donors (Lipinski definition) is 2. The second-order valence-corrected chi connectivity index (χ2v) is 6.87. The van der Waals surface area contributed by atoms with Crippen molar-refractivity contribution in [2.45, 2.75) is 26.8 Å². The van der Waals surface area contributed by atoms with Gasteiger partial charge in [0.2, 0.25) is 0 Å². The Morgan fingerprint density at radius 2 is 2.04 bits per heavy atom. The van der Waals surface area contributed by atoms with Crippen LogP contribution < -0.4 is 10.6 Å². The van der Waals surface area contributed by atoms with Gasteiger partial charge >= 0.3 is 6.03 Å². The Morgan fingerprint density at radius 1 is 1.24 bits per heavy atom. The number of rotatable bonds is 5. The summed E-state index contributed by atoms with van der Waals surface area (Å²) in [5.74, 6) is 0. The summed E-state index contributed by atoms with van der Waals surface area (Å²) < 4.78 is 1.98. The summed E-state index contributed by atoms with van der Waals surface area (Å²) in [6.07, 6.45) is 0. The summed E-state index contributed by atoms with van der Waals surface area (Å²) >= 11 is 1.64. The van der Waals surface area contributed by atoms with Crippen molar-refractivity contribution < 1.29 is 4.79 Å². The maximum atomic E-state index is 12.3. The zero-order valence-corrected chi connectivity index (χ0v) is 15.4. The SMILES string of the molecule is Cc1cc(C)n(C(CNC(=O)Nc2ccccc2C)c2ccsc2)n1. The van der Waals surface area contributed by atoms with Gasteiger partial charge in [0, 0.05) is 17.9 Å². The molecule has 0 saturated heterocycles. The Balaban J connectivity index is 1.72. The Kier molecular flexibility index (Phi) is 5.19. The van der Waals surface area contributed by atoms with Crippen molar-refractivity contribution in [3.63, 3.8) is 0 Å². The minimum atomic E-state index is -0.212. The monoisotopic (exact) mass is 354 g/mol. The first-order valence-corrected chi connectivity index (χ1v) is 9.14. The van der Waals surface area contributed by atoms with Gasteiger partial charge in [0.25, 0.3) is 0 Å². The van der Waals surface area contributed by atoms with Gasteiger partial charge in [0.15, 0.2) is 0 Å². The number of hydrogen-bond acceptors (Lipinski definition) is 3. The molecule has 0 radical (unpaired) electrons. The fourth-order valence-electron chi connectivity index (χ4n) is 2.84. The van der Waals surface area contributed by atoms with Crippen LogP contribution in [0.5, 0.6) is 0 Å². The maximum Gasteiger partial charge on any atom is 0.319 e. The molecule has 3 rings (SSSR count). The quantitative estimate of drug-likeness (QED) is 0.718. The smallest absolute Gasteiger partial charge is 0.319 e. The first kappa shape index (κ1) is 17.2. The van der Waals surface area contributed by atoms with Gasteiger partial charge in [-0.1, -0.05) is 18.2 Å². The summed E-state index contributed by atoms with van der Waals surface area (Å²) in [7, 11) is 0. The van der Waals surface area contributed by atoms with Gasteiger partial charge in [-0.3, -0.25) is 4.68 Å². The molecule has 25 heavy (non-hydrogen) atoms. The van der Waals surface area contributed by atoms with Crippen LogP contribution in [0.2, 0.25) is 0 Å². The molecule has 2 aromatic heterocycles. The predicted molar refractivity (Wildman–Crippen MR) is 102 cm³/mol. The van der Waals surface area contributed by atoms with Gasteiger partial charge in [0.1, 0.15) is 0 Å². The number of amides is 2. The molecule has 0 aliphatic heterocycles. The second kappa shape index (κ2) is 7.53. The van der Waals surface area contributed by atoms with Crippen LogP contribution in [0.15, 0.2) is 47.2 Å². The van der Waals surface area contributed by atoms with Gasteiger partial charge in [-0.15, -0.1) is 0 Å². The van der Waals surface area contributed by atoms with Crippen molar-refractivity contribution in [2.75, 3.05) is 11.9 Å². The maximum absolute atomic E-state index is 12.3. The molecule has 0 saturated carbocycles. The van der Waals surface area contributed by atoms with Crippen molar-refractivity contribution in [2.24, 2.45) is 0 Å². The molecule has 1 aromatic carbocycles. The average molecular weight is 354 g/mol. The third-order valence-electron chi connectivity index (χ3n) is 4.12. The fraction of sp³-hybridized carbons (Fsp3) is 0.263. The van der Waals surface area contributed by atoms with Crippen LogP contribution in [0.25, 0.3) is 0 Å². The number of thiophene rings is 1. The molecule has 0 fully saturated rings. The average Bonchev–Trinajstić information content (AvgIpc) is 3.20. The van der Waals surface area contributed by atoms with Crippen LogP contribution in [0.1, 0.15) is 28.6 Å². The largest absolute Gasteiger partial charge is 0.335 e. The zero-order valence-electron chi connectivity index (χ0n) is 14.6. The highest BCUT2D eigenvalue weighted by atomic mass is 32.1. The molecule has 0 spiro atoms. The highest BCUT2D eigenvalue weighted by molar-refractivity contribution is 7.07. The summed E-state index contributed by atoms with van der Waals surface area (Å²) in [5.41, 5.74) is 5.05. The Bertz CT molecular complexity index is 854. The highest BCUT2D eigenvalue weighted by Crippen LogP contribution is 2.22.